The first-order valence-electron chi connectivity index (χ1n) is 7.23. The zero-order valence-corrected chi connectivity index (χ0v) is 13.2. The number of nitriles is 1. The van der Waals surface area contributed by atoms with E-state index in [1.807, 2.05) is 18.2 Å². The zero-order valence-electron chi connectivity index (χ0n) is 12.4. The minimum Gasteiger partial charge on any atom is -0.274 e. The van der Waals surface area contributed by atoms with Crippen molar-refractivity contribution >= 4 is 23.6 Å². The van der Waals surface area contributed by atoms with Crippen molar-refractivity contribution in [2.75, 3.05) is 12.3 Å². The van der Waals surface area contributed by atoms with Crippen molar-refractivity contribution in [2.45, 2.75) is 5.75 Å². The van der Waals surface area contributed by atoms with E-state index in [1.54, 1.807) is 42.1 Å². The van der Waals surface area contributed by atoms with Crippen molar-refractivity contribution in [3.63, 3.8) is 0 Å². The average molecular weight is 322 g/mol. The van der Waals surface area contributed by atoms with Crippen LogP contribution in [0.3, 0.4) is 0 Å². The molecule has 2 aromatic carbocycles. The van der Waals surface area contributed by atoms with Gasteiger partial charge in [0.05, 0.1) is 22.8 Å². The molecule has 1 heterocycles. The van der Waals surface area contributed by atoms with Gasteiger partial charge < -0.3 is 0 Å². The van der Waals surface area contributed by atoms with Crippen LogP contribution in [0.25, 0.3) is 0 Å². The lowest BCUT2D eigenvalue weighted by molar-refractivity contribution is 0.0664. The van der Waals surface area contributed by atoms with E-state index < -0.39 is 0 Å². The molecule has 0 fully saturated rings. The van der Waals surface area contributed by atoms with Crippen LogP contribution in [0.1, 0.15) is 31.8 Å². The first-order chi connectivity index (χ1) is 11.2. The van der Waals surface area contributed by atoms with Crippen molar-refractivity contribution in [2.24, 2.45) is 0 Å². The van der Waals surface area contributed by atoms with Crippen LogP contribution < -0.4 is 0 Å². The van der Waals surface area contributed by atoms with E-state index in [2.05, 4.69) is 6.07 Å². The Morgan fingerprint density at radius 1 is 0.957 bits per heavy atom. The number of hydrogen-bond donors (Lipinski definition) is 0. The number of amides is 2. The number of rotatable bonds is 5. The number of hydrogen-bond acceptors (Lipinski definition) is 4. The van der Waals surface area contributed by atoms with Crippen LogP contribution in [0.2, 0.25) is 0 Å². The van der Waals surface area contributed by atoms with Gasteiger partial charge in [0.15, 0.2) is 0 Å². The Morgan fingerprint density at radius 3 is 2.22 bits per heavy atom. The smallest absolute Gasteiger partial charge is 0.261 e. The molecule has 114 valence electrons. The van der Waals surface area contributed by atoms with Crippen LogP contribution in [-0.2, 0) is 5.75 Å². The summed E-state index contributed by atoms with van der Waals surface area (Å²) in [5.41, 5.74) is 2.61. The molecule has 0 radical (unpaired) electrons. The second-order valence-electron chi connectivity index (χ2n) is 5.13. The molecule has 2 aromatic rings. The molecule has 0 saturated heterocycles. The van der Waals surface area contributed by atoms with Gasteiger partial charge in [0, 0.05) is 18.1 Å². The summed E-state index contributed by atoms with van der Waals surface area (Å²) in [5.74, 6) is 0.894. The molecule has 0 N–H and O–H groups in total. The van der Waals surface area contributed by atoms with Crippen molar-refractivity contribution < 1.29 is 9.59 Å². The normalized spacial score (nSPS) is 13.1. The fourth-order valence-corrected chi connectivity index (χ4v) is 3.46. The maximum Gasteiger partial charge on any atom is 0.261 e. The lowest BCUT2D eigenvalue weighted by atomic mass is 10.1. The van der Waals surface area contributed by atoms with E-state index >= 15 is 0 Å². The van der Waals surface area contributed by atoms with E-state index in [1.165, 1.54) is 4.90 Å². The second-order valence-corrected chi connectivity index (χ2v) is 6.23. The summed E-state index contributed by atoms with van der Waals surface area (Å²) in [6.45, 7) is 0.381. The molecule has 0 unspecified atom stereocenters. The van der Waals surface area contributed by atoms with Gasteiger partial charge in [-0.1, -0.05) is 30.3 Å². The molecule has 0 saturated carbocycles. The average Bonchev–Trinajstić information content (AvgIpc) is 2.84. The SMILES string of the molecule is N#Cc1ccccc1CSCCN1C(=O)c2ccccc2C1=O. The third-order valence-electron chi connectivity index (χ3n) is 3.73. The number of nitrogens with zero attached hydrogens (tertiary/aromatic N) is 2. The van der Waals surface area contributed by atoms with Crippen molar-refractivity contribution in [1.82, 2.24) is 4.90 Å². The van der Waals surface area contributed by atoms with Gasteiger partial charge in [-0.15, -0.1) is 0 Å². The number of benzene rings is 2. The lowest BCUT2D eigenvalue weighted by Gasteiger charge is -2.13. The molecule has 3 rings (SSSR count). The number of imide groups is 1. The molecule has 0 bridgehead atoms. The largest absolute Gasteiger partial charge is 0.274 e. The third kappa shape index (κ3) is 2.99. The first kappa shape index (κ1) is 15.3. The Balaban J connectivity index is 1.57. The van der Waals surface area contributed by atoms with Gasteiger partial charge >= 0.3 is 0 Å². The van der Waals surface area contributed by atoms with E-state index in [4.69, 9.17) is 5.26 Å². The molecule has 2 amide bonds. The van der Waals surface area contributed by atoms with E-state index in [-0.39, 0.29) is 11.8 Å². The summed E-state index contributed by atoms with van der Waals surface area (Å²) >= 11 is 1.61. The molecule has 0 atom stereocenters. The van der Waals surface area contributed by atoms with E-state index in [0.29, 0.717) is 34.7 Å². The van der Waals surface area contributed by atoms with Crippen LogP contribution in [0.4, 0.5) is 0 Å². The highest BCUT2D eigenvalue weighted by Gasteiger charge is 2.34. The Kier molecular flexibility index (Phi) is 4.45. The number of carbonyl (C=O) groups excluding carboxylic acids is 2. The Hall–Kier alpha value is -2.58. The lowest BCUT2D eigenvalue weighted by Crippen LogP contribution is -2.31. The quantitative estimate of drug-likeness (QED) is 0.627. The van der Waals surface area contributed by atoms with Crippen molar-refractivity contribution in [3.05, 3.63) is 70.8 Å². The van der Waals surface area contributed by atoms with Gasteiger partial charge in [0.1, 0.15) is 0 Å². The summed E-state index contributed by atoms with van der Waals surface area (Å²) in [6, 6.07) is 16.5. The summed E-state index contributed by atoms with van der Waals surface area (Å²) in [6.07, 6.45) is 0. The van der Waals surface area contributed by atoms with Crippen LogP contribution in [-0.4, -0.2) is 29.0 Å². The number of fused-ring (bicyclic) bond motifs is 1. The molecule has 0 spiro atoms. The Morgan fingerprint density at radius 2 is 1.57 bits per heavy atom. The fourth-order valence-electron chi connectivity index (χ4n) is 2.54. The third-order valence-corrected chi connectivity index (χ3v) is 4.72. The van der Waals surface area contributed by atoms with Crippen LogP contribution in [0, 0.1) is 11.3 Å². The maximum absolute atomic E-state index is 12.2. The molecular weight excluding hydrogens is 308 g/mol. The van der Waals surface area contributed by atoms with E-state index in [0.717, 1.165) is 5.56 Å². The summed E-state index contributed by atoms with van der Waals surface area (Å²) < 4.78 is 0. The number of thioether (sulfide) groups is 1. The Labute approximate surface area is 138 Å². The molecule has 1 aliphatic rings. The topological polar surface area (TPSA) is 61.2 Å². The first-order valence-corrected chi connectivity index (χ1v) is 8.39. The maximum atomic E-state index is 12.2. The highest BCUT2D eigenvalue weighted by molar-refractivity contribution is 7.98. The van der Waals surface area contributed by atoms with Crippen molar-refractivity contribution in [1.29, 1.82) is 5.26 Å². The standard InChI is InChI=1S/C18H14N2O2S/c19-11-13-5-1-2-6-14(13)12-23-10-9-20-17(21)15-7-3-4-8-16(15)18(20)22/h1-8H,9-10,12H2. The van der Waals surface area contributed by atoms with Crippen LogP contribution in [0.5, 0.6) is 0 Å². The highest BCUT2D eigenvalue weighted by atomic mass is 32.2. The minimum absolute atomic E-state index is 0.219. The zero-order chi connectivity index (χ0) is 16.2. The van der Waals surface area contributed by atoms with Crippen LogP contribution >= 0.6 is 11.8 Å². The van der Waals surface area contributed by atoms with Gasteiger partial charge in [-0.05, 0) is 23.8 Å². The summed E-state index contributed by atoms with van der Waals surface area (Å²) in [7, 11) is 0. The summed E-state index contributed by atoms with van der Waals surface area (Å²) in [5, 5.41) is 9.06. The van der Waals surface area contributed by atoms with Gasteiger partial charge in [0.25, 0.3) is 11.8 Å². The molecule has 4 nitrogen and oxygen atoms in total. The predicted octanol–water partition coefficient (Wildman–Crippen LogP) is 3.09. The van der Waals surface area contributed by atoms with Gasteiger partial charge in [-0.25, -0.2) is 0 Å². The molecule has 5 heteroatoms. The molecule has 1 aliphatic heterocycles. The molecule has 0 aromatic heterocycles. The van der Waals surface area contributed by atoms with Gasteiger partial charge in [0.2, 0.25) is 0 Å². The number of carbonyl (C=O) groups is 2. The monoisotopic (exact) mass is 322 g/mol. The predicted molar refractivity (Wildman–Crippen MR) is 89.1 cm³/mol. The van der Waals surface area contributed by atoms with Crippen LogP contribution in [0.15, 0.2) is 48.5 Å². The fraction of sp³-hybridized carbons (Fsp3) is 0.167. The van der Waals surface area contributed by atoms with Crippen molar-refractivity contribution in [3.8, 4) is 6.07 Å². The van der Waals surface area contributed by atoms with E-state index in [9.17, 15) is 9.59 Å². The second kappa shape index (κ2) is 6.67. The molecular formula is C18H14N2O2S. The minimum atomic E-state index is -0.219. The Bertz CT molecular complexity index is 776. The molecule has 0 aliphatic carbocycles. The van der Waals surface area contributed by atoms with Gasteiger partial charge in [-0.2, -0.15) is 17.0 Å². The van der Waals surface area contributed by atoms with Gasteiger partial charge in [-0.3, -0.25) is 14.5 Å². The molecule has 23 heavy (non-hydrogen) atoms. The summed E-state index contributed by atoms with van der Waals surface area (Å²) in [4.78, 5) is 25.7. The highest BCUT2D eigenvalue weighted by Crippen LogP contribution is 2.23.